The molecule has 0 bridgehead atoms. The van der Waals surface area contributed by atoms with Gasteiger partial charge in [0.15, 0.2) is 0 Å². The van der Waals surface area contributed by atoms with Gasteiger partial charge in [-0.3, -0.25) is 4.79 Å². The van der Waals surface area contributed by atoms with Crippen LogP contribution in [0.25, 0.3) is 0 Å². The van der Waals surface area contributed by atoms with Gasteiger partial charge >= 0.3 is 0 Å². The molecule has 0 fully saturated rings. The van der Waals surface area contributed by atoms with E-state index in [0.29, 0.717) is 13.0 Å². The van der Waals surface area contributed by atoms with Crippen LogP contribution in [0, 0.1) is 0 Å². The second-order valence-corrected chi connectivity index (χ2v) is 6.71. The lowest BCUT2D eigenvalue weighted by atomic mass is 10.2. The molecule has 0 saturated carbocycles. The molecule has 0 saturated heterocycles. The van der Waals surface area contributed by atoms with Crippen LogP contribution in [0.1, 0.15) is 17.5 Å². The van der Waals surface area contributed by atoms with Crippen LogP contribution < -0.4 is 0 Å². The van der Waals surface area contributed by atoms with Crippen molar-refractivity contribution in [1.29, 1.82) is 0 Å². The smallest absolute Gasteiger partial charge is 0.223 e. The Bertz CT molecular complexity index is 586. The third-order valence-corrected chi connectivity index (χ3v) is 4.61. The van der Waals surface area contributed by atoms with Crippen LogP contribution in [0.4, 0.5) is 0 Å². The van der Waals surface area contributed by atoms with Crippen LogP contribution in [0.15, 0.2) is 54.6 Å². The molecule has 2 aromatic carbocycles. The van der Waals surface area contributed by atoms with Crippen LogP contribution >= 0.6 is 23.4 Å². The summed E-state index contributed by atoms with van der Waals surface area (Å²) >= 11 is 7.66. The quantitative estimate of drug-likeness (QED) is 0.689. The summed E-state index contributed by atoms with van der Waals surface area (Å²) in [6.07, 6.45) is 0.571. The van der Waals surface area contributed by atoms with Crippen LogP contribution in [-0.2, 0) is 17.1 Å². The molecular weight excluding hydrogens is 314 g/mol. The van der Waals surface area contributed by atoms with Crippen molar-refractivity contribution in [3.63, 3.8) is 0 Å². The Balaban J connectivity index is 1.69. The van der Waals surface area contributed by atoms with Gasteiger partial charge in [0.1, 0.15) is 0 Å². The molecule has 116 valence electrons. The van der Waals surface area contributed by atoms with E-state index in [-0.39, 0.29) is 5.91 Å². The summed E-state index contributed by atoms with van der Waals surface area (Å²) in [7, 11) is 1.85. The largest absolute Gasteiger partial charge is 0.341 e. The second-order valence-electron chi connectivity index (χ2n) is 5.16. The highest BCUT2D eigenvalue weighted by Gasteiger charge is 2.09. The van der Waals surface area contributed by atoms with Gasteiger partial charge < -0.3 is 4.90 Å². The standard InChI is InChI=1S/C18H20ClNOS/c1-20(13-15-7-9-17(19)10-8-15)18(21)11-12-22-14-16-5-3-2-4-6-16/h2-10H,11-14H2,1H3. The Hall–Kier alpha value is -1.45. The number of hydrogen-bond acceptors (Lipinski definition) is 2. The fourth-order valence-electron chi connectivity index (χ4n) is 2.07. The average Bonchev–Trinajstić information content (AvgIpc) is 2.54. The van der Waals surface area contributed by atoms with Gasteiger partial charge in [0.05, 0.1) is 0 Å². The summed E-state index contributed by atoms with van der Waals surface area (Å²) in [6.45, 7) is 0.624. The molecule has 0 aromatic heterocycles. The lowest BCUT2D eigenvalue weighted by molar-refractivity contribution is -0.129. The van der Waals surface area contributed by atoms with Gasteiger partial charge in [-0.1, -0.05) is 54.1 Å². The van der Waals surface area contributed by atoms with Crippen LogP contribution in [-0.4, -0.2) is 23.6 Å². The summed E-state index contributed by atoms with van der Waals surface area (Å²) in [6, 6.07) is 17.9. The first-order valence-electron chi connectivity index (χ1n) is 7.25. The SMILES string of the molecule is CN(Cc1ccc(Cl)cc1)C(=O)CCSCc1ccccc1. The normalized spacial score (nSPS) is 10.5. The molecular formula is C18H20ClNOS. The monoisotopic (exact) mass is 333 g/mol. The molecule has 4 heteroatoms. The van der Waals surface area contributed by atoms with Crippen molar-refractivity contribution in [1.82, 2.24) is 4.90 Å². The molecule has 0 unspecified atom stereocenters. The molecule has 2 aromatic rings. The van der Waals surface area contributed by atoms with Gasteiger partial charge in [0.2, 0.25) is 5.91 Å². The third kappa shape index (κ3) is 5.74. The minimum atomic E-state index is 0.176. The highest BCUT2D eigenvalue weighted by atomic mass is 35.5. The maximum absolute atomic E-state index is 12.1. The van der Waals surface area contributed by atoms with Gasteiger partial charge in [-0.25, -0.2) is 0 Å². The van der Waals surface area contributed by atoms with E-state index in [0.717, 1.165) is 22.1 Å². The third-order valence-electron chi connectivity index (χ3n) is 3.33. The van der Waals surface area contributed by atoms with Crippen molar-refractivity contribution >= 4 is 29.3 Å². The van der Waals surface area contributed by atoms with E-state index in [1.165, 1.54) is 5.56 Å². The number of halogens is 1. The van der Waals surface area contributed by atoms with Crippen molar-refractivity contribution in [2.24, 2.45) is 0 Å². The predicted molar refractivity (Wildman–Crippen MR) is 95.1 cm³/mol. The van der Waals surface area contributed by atoms with Gasteiger partial charge in [-0.2, -0.15) is 11.8 Å². The Labute approximate surface area is 141 Å². The molecule has 0 aliphatic heterocycles. The zero-order chi connectivity index (χ0) is 15.8. The Morgan fingerprint density at radius 3 is 2.41 bits per heavy atom. The Kier molecular flexibility index (Phi) is 6.81. The van der Waals surface area contributed by atoms with Gasteiger partial charge in [-0.05, 0) is 23.3 Å². The number of carbonyl (C=O) groups is 1. The highest BCUT2D eigenvalue weighted by molar-refractivity contribution is 7.98. The zero-order valence-corrected chi connectivity index (χ0v) is 14.2. The van der Waals surface area contributed by atoms with Crippen LogP contribution in [0.3, 0.4) is 0 Å². The molecule has 2 rings (SSSR count). The number of hydrogen-bond donors (Lipinski definition) is 0. The van der Waals surface area contributed by atoms with Crippen molar-refractivity contribution in [2.45, 2.75) is 18.7 Å². The number of thioether (sulfide) groups is 1. The van der Waals surface area contributed by atoms with E-state index in [2.05, 4.69) is 12.1 Å². The number of carbonyl (C=O) groups excluding carboxylic acids is 1. The predicted octanol–water partition coefficient (Wildman–Crippen LogP) is 4.62. The number of amides is 1. The van der Waals surface area contributed by atoms with E-state index in [4.69, 9.17) is 11.6 Å². The summed E-state index contributed by atoms with van der Waals surface area (Å²) in [4.78, 5) is 13.9. The van der Waals surface area contributed by atoms with Gasteiger partial charge in [0, 0.05) is 36.5 Å². The number of rotatable bonds is 7. The molecule has 2 nitrogen and oxygen atoms in total. The number of nitrogens with zero attached hydrogens (tertiary/aromatic N) is 1. The zero-order valence-electron chi connectivity index (χ0n) is 12.7. The van der Waals surface area contributed by atoms with Gasteiger partial charge in [0.25, 0.3) is 0 Å². The molecule has 0 spiro atoms. The topological polar surface area (TPSA) is 20.3 Å². The first kappa shape index (κ1) is 16.9. The molecule has 22 heavy (non-hydrogen) atoms. The van der Waals surface area contributed by atoms with Crippen molar-refractivity contribution in [3.8, 4) is 0 Å². The highest BCUT2D eigenvalue weighted by Crippen LogP contribution is 2.14. The number of benzene rings is 2. The summed E-state index contributed by atoms with van der Waals surface area (Å²) in [5, 5.41) is 0.718. The minimum Gasteiger partial charge on any atom is -0.341 e. The second kappa shape index (κ2) is 8.86. The summed E-state index contributed by atoms with van der Waals surface area (Å²) < 4.78 is 0. The first-order chi connectivity index (χ1) is 10.6. The molecule has 1 amide bonds. The van der Waals surface area contributed by atoms with Crippen molar-refractivity contribution in [3.05, 3.63) is 70.7 Å². The summed E-state index contributed by atoms with van der Waals surface area (Å²) in [5.41, 5.74) is 2.40. The Morgan fingerprint density at radius 2 is 1.73 bits per heavy atom. The molecule has 0 aliphatic carbocycles. The maximum Gasteiger partial charge on any atom is 0.223 e. The summed E-state index contributed by atoms with van der Waals surface area (Å²) in [5.74, 6) is 1.98. The maximum atomic E-state index is 12.1. The molecule has 0 N–H and O–H groups in total. The van der Waals surface area contributed by atoms with Crippen molar-refractivity contribution < 1.29 is 4.79 Å². The molecule has 0 atom stereocenters. The van der Waals surface area contributed by atoms with Crippen LogP contribution in [0.2, 0.25) is 5.02 Å². The van der Waals surface area contributed by atoms with E-state index in [9.17, 15) is 4.79 Å². The minimum absolute atomic E-state index is 0.176. The lowest BCUT2D eigenvalue weighted by Crippen LogP contribution is -2.26. The van der Waals surface area contributed by atoms with E-state index >= 15 is 0 Å². The van der Waals surface area contributed by atoms with E-state index < -0.39 is 0 Å². The van der Waals surface area contributed by atoms with E-state index in [1.807, 2.05) is 49.5 Å². The lowest BCUT2D eigenvalue weighted by Gasteiger charge is -2.17. The van der Waals surface area contributed by atoms with Crippen LogP contribution in [0.5, 0.6) is 0 Å². The van der Waals surface area contributed by atoms with Gasteiger partial charge in [-0.15, -0.1) is 0 Å². The van der Waals surface area contributed by atoms with E-state index in [1.54, 1.807) is 16.7 Å². The molecule has 0 aliphatic rings. The fraction of sp³-hybridized carbons (Fsp3) is 0.278. The van der Waals surface area contributed by atoms with Crippen molar-refractivity contribution in [2.75, 3.05) is 12.8 Å². The average molecular weight is 334 g/mol. The molecule has 0 heterocycles. The first-order valence-corrected chi connectivity index (χ1v) is 8.78. The Morgan fingerprint density at radius 1 is 1.05 bits per heavy atom. The molecule has 0 radical (unpaired) electrons. The fourth-order valence-corrected chi connectivity index (χ4v) is 3.08.